The maximum Gasteiger partial charge on any atom is 0.254 e. The number of carbonyl (C=O) groups excluding carboxylic acids is 1. The summed E-state index contributed by atoms with van der Waals surface area (Å²) >= 11 is 0. The van der Waals surface area contributed by atoms with E-state index in [4.69, 9.17) is 0 Å². The Hall–Kier alpha value is -1.75. The first-order chi connectivity index (χ1) is 8.39. The summed E-state index contributed by atoms with van der Waals surface area (Å²) in [7, 11) is 0. The summed E-state index contributed by atoms with van der Waals surface area (Å²) in [6.45, 7) is 2.59. The summed E-state index contributed by atoms with van der Waals surface area (Å²) in [6, 6.07) is 3.98. The van der Waals surface area contributed by atoms with E-state index in [0.717, 1.165) is 6.42 Å². The van der Waals surface area contributed by atoms with E-state index in [2.05, 4.69) is 0 Å². The van der Waals surface area contributed by atoms with Gasteiger partial charge in [-0.15, -0.1) is 0 Å². The molecule has 5 nitrogen and oxygen atoms in total. The van der Waals surface area contributed by atoms with Crippen molar-refractivity contribution in [2.45, 2.75) is 25.4 Å². The van der Waals surface area contributed by atoms with Gasteiger partial charge in [-0.2, -0.15) is 0 Å². The number of amides is 1. The van der Waals surface area contributed by atoms with Gasteiger partial charge in [0.1, 0.15) is 0 Å². The molecule has 98 valence electrons. The van der Waals surface area contributed by atoms with Crippen LogP contribution in [-0.4, -0.2) is 44.8 Å². The van der Waals surface area contributed by atoms with E-state index in [9.17, 15) is 20.1 Å². The summed E-state index contributed by atoms with van der Waals surface area (Å²) < 4.78 is 0. The van der Waals surface area contributed by atoms with Crippen LogP contribution in [0.5, 0.6) is 11.5 Å². The van der Waals surface area contributed by atoms with Gasteiger partial charge in [0.05, 0.1) is 5.60 Å². The van der Waals surface area contributed by atoms with Crippen molar-refractivity contribution in [2.75, 3.05) is 13.1 Å². The van der Waals surface area contributed by atoms with Crippen LogP contribution in [0.2, 0.25) is 0 Å². The molecular weight excluding hydrogens is 234 g/mol. The number of benzene rings is 1. The number of likely N-dealkylation sites (tertiary alicyclic amines) is 1. The molecule has 1 aliphatic rings. The molecule has 0 saturated carbocycles. The van der Waals surface area contributed by atoms with Gasteiger partial charge in [-0.3, -0.25) is 4.79 Å². The molecule has 0 aromatic heterocycles. The Morgan fingerprint density at radius 3 is 2.67 bits per heavy atom. The van der Waals surface area contributed by atoms with Crippen LogP contribution in [0, 0.1) is 0 Å². The lowest BCUT2D eigenvalue weighted by Gasteiger charge is -2.36. The van der Waals surface area contributed by atoms with Crippen molar-refractivity contribution in [3.8, 4) is 11.5 Å². The third-order valence-electron chi connectivity index (χ3n) is 3.18. The van der Waals surface area contributed by atoms with Crippen LogP contribution in [0.3, 0.4) is 0 Å². The number of aromatic hydroxyl groups is 2. The number of rotatable bonds is 1. The van der Waals surface area contributed by atoms with Crippen molar-refractivity contribution in [3.05, 3.63) is 23.8 Å². The first kappa shape index (κ1) is 12.7. The number of nitrogens with zero attached hydrogens (tertiary/aromatic N) is 1. The molecule has 2 rings (SSSR count). The minimum atomic E-state index is -0.854. The number of aliphatic hydroxyl groups is 1. The van der Waals surface area contributed by atoms with Crippen molar-refractivity contribution in [1.29, 1.82) is 0 Å². The van der Waals surface area contributed by atoms with Crippen molar-refractivity contribution in [1.82, 2.24) is 4.90 Å². The SMILES string of the molecule is CC1(O)CCCN(C(=O)c2ccc(O)c(O)c2)C1. The Kier molecular flexibility index (Phi) is 3.17. The third kappa shape index (κ3) is 2.56. The maximum absolute atomic E-state index is 12.2. The van der Waals surface area contributed by atoms with E-state index in [1.54, 1.807) is 11.8 Å². The normalized spacial score (nSPS) is 24.0. The van der Waals surface area contributed by atoms with E-state index in [1.165, 1.54) is 18.2 Å². The third-order valence-corrected chi connectivity index (χ3v) is 3.18. The number of phenols is 2. The number of β-amino-alcohol motifs (C(OH)–C–C–N with tert-alkyl or cyclic N) is 1. The summed E-state index contributed by atoms with van der Waals surface area (Å²) in [4.78, 5) is 13.7. The van der Waals surface area contributed by atoms with Gasteiger partial charge in [0.2, 0.25) is 0 Å². The molecule has 1 fully saturated rings. The Morgan fingerprint density at radius 1 is 1.33 bits per heavy atom. The van der Waals surface area contributed by atoms with Crippen LogP contribution < -0.4 is 0 Å². The van der Waals surface area contributed by atoms with E-state index in [-0.39, 0.29) is 24.0 Å². The second kappa shape index (κ2) is 4.49. The molecule has 0 radical (unpaired) electrons. The summed E-state index contributed by atoms with van der Waals surface area (Å²) in [5, 5.41) is 28.5. The number of hydrogen-bond acceptors (Lipinski definition) is 4. The lowest BCUT2D eigenvalue weighted by atomic mass is 9.94. The predicted octanol–water partition coefficient (Wildman–Crippen LogP) is 1.08. The lowest BCUT2D eigenvalue weighted by molar-refractivity contribution is -0.0107. The molecular formula is C13H17NO4. The fraction of sp³-hybridized carbons (Fsp3) is 0.462. The van der Waals surface area contributed by atoms with Crippen LogP contribution in [0.25, 0.3) is 0 Å². The van der Waals surface area contributed by atoms with Gasteiger partial charge in [-0.25, -0.2) is 0 Å². The van der Waals surface area contributed by atoms with E-state index in [0.29, 0.717) is 18.5 Å². The summed E-state index contributed by atoms with van der Waals surface area (Å²) in [5.74, 6) is -0.813. The summed E-state index contributed by atoms with van der Waals surface area (Å²) in [6.07, 6.45) is 1.43. The Labute approximate surface area is 105 Å². The van der Waals surface area contributed by atoms with Crippen molar-refractivity contribution >= 4 is 5.91 Å². The van der Waals surface area contributed by atoms with Gasteiger partial charge in [-0.05, 0) is 38.0 Å². The largest absolute Gasteiger partial charge is 0.504 e. The first-order valence-electron chi connectivity index (χ1n) is 5.93. The molecule has 1 saturated heterocycles. The fourth-order valence-corrected chi connectivity index (χ4v) is 2.23. The van der Waals surface area contributed by atoms with Crippen molar-refractivity contribution in [3.63, 3.8) is 0 Å². The molecule has 1 aliphatic heterocycles. The minimum Gasteiger partial charge on any atom is -0.504 e. The monoisotopic (exact) mass is 251 g/mol. The van der Waals surface area contributed by atoms with E-state index < -0.39 is 5.60 Å². The molecule has 1 heterocycles. The van der Waals surface area contributed by atoms with Gasteiger partial charge >= 0.3 is 0 Å². The van der Waals surface area contributed by atoms with Crippen LogP contribution in [0.15, 0.2) is 18.2 Å². The number of piperidine rings is 1. The molecule has 1 unspecified atom stereocenters. The van der Waals surface area contributed by atoms with Crippen LogP contribution in [0.1, 0.15) is 30.1 Å². The average molecular weight is 251 g/mol. The first-order valence-corrected chi connectivity index (χ1v) is 5.93. The van der Waals surface area contributed by atoms with E-state index in [1.807, 2.05) is 0 Å². The van der Waals surface area contributed by atoms with Crippen LogP contribution >= 0.6 is 0 Å². The highest BCUT2D eigenvalue weighted by Gasteiger charge is 2.31. The highest BCUT2D eigenvalue weighted by atomic mass is 16.3. The van der Waals surface area contributed by atoms with Gasteiger partial charge in [-0.1, -0.05) is 0 Å². The van der Waals surface area contributed by atoms with Crippen LogP contribution in [0.4, 0.5) is 0 Å². The summed E-state index contributed by atoms with van der Waals surface area (Å²) in [5.41, 5.74) is -0.546. The molecule has 0 aliphatic carbocycles. The van der Waals surface area contributed by atoms with Gasteiger partial charge in [0.15, 0.2) is 11.5 Å². The van der Waals surface area contributed by atoms with Gasteiger partial charge < -0.3 is 20.2 Å². The minimum absolute atomic E-state index is 0.245. The standard InChI is InChI=1S/C13H17NO4/c1-13(18)5-2-6-14(8-13)12(17)9-3-4-10(15)11(16)7-9/h3-4,7,15-16,18H,2,5-6,8H2,1H3. The maximum atomic E-state index is 12.2. The molecule has 18 heavy (non-hydrogen) atoms. The molecule has 1 aromatic rings. The zero-order valence-corrected chi connectivity index (χ0v) is 10.3. The zero-order chi connectivity index (χ0) is 13.3. The lowest BCUT2D eigenvalue weighted by Crippen LogP contribution is -2.48. The Bertz CT molecular complexity index is 470. The topological polar surface area (TPSA) is 81.0 Å². The molecule has 3 N–H and O–H groups in total. The molecule has 0 spiro atoms. The smallest absolute Gasteiger partial charge is 0.254 e. The molecule has 1 atom stereocenters. The number of hydrogen-bond donors (Lipinski definition) is 3. The van der Waals surface area contributed by atoms with E-state index >= 15 is 0 Å². The molecule has 5 heteroatoms. The second-order valence-electron chi connectivity index (χ2n) is 5.03. The fourth-order valence-electron chi connectivity index (χ4n) is 2.23. The second-order valence-corrected chi connectivity index (χ2v) is 5.03. The van der Waals surface area contributed by atoms with Gasteiger partial charge in [0, 0.05) is 18.7 Å². The Morgan fingerprint density at radius 2 is 2.06 bits per heavy atom. The zero-order valence-electron chi connectivity index (χ0n) is 10.3. The van der Waals surface area contributed by atoms with Crippen molar-refractivity contribution < 1.29 is 20.1 Å². The molecule has 1 aromatic carbocycles. The molecule has 0 bridgehead atoms. The van der Waals surface area contributed by atoms with Gasteiger partial charge in [0.25, 0.3) is 5.91 Å². The predicted molar refractivity (Wildman–Crippen MR) is 65.5 cm³/mol. The number of carbonyl (C=O) groups is 1. The van der Waals surface area contributed by atoms with Crippen molar-refractivity contribution in [2.24, 2.45) is 0 Å². The highest BCUT2D eigenvalue weighted by Crippen LogP contribution is 2.27. The Balaban J connectivity index is 2.18. The van der Waals surface area contributed by atoms with Crippen LogP contribution in [-0.2, 0) is 0 Å². The number of phenolic OH excluding ortho intramolecular Hbond substituents is 2. The quantitative estimate of drug-likeness (QED) is 0.652. The highest BCUT2D eigenvalue weighted by molar-refractivity contribution is 5.95. The molecule has 1 amide bonds. The average Bonchev–Trinajstić information content (AvgIpc) is 2.30.